The van der Waals surface area contributed by atoms with E-state index in [0.717, 1.165) is 19.6 Å². The van der Waals surface area contributed by atoms with Gasteiger partial charge in [0.25, 0.3) is 5.91 Å². The predicted octanol–water partition coefficient (Wildman–Crippen LogP) is 1.08. The molecule has 1 aromatic rings. The fraction of sp³-hybridized carbons (Fsp3) is 0.667. The van der Waals surface area contributed by atoms with Crippen LogP contribution in [0.4, 0.5) is 0 Å². The second-order valence-corrected chi connectivity index (χ2v) is 7.53. The number of carboxylic acid groups (broad SMARTS) is 1. The van der Waals surface area contributed by atoms with E-state index in [1.165, 1.54) is 6.26 Å². The van der Waals surface area contributed by atoms with Gasteiger partial charge in [-0.15, -0.1) is 0 Å². The lowest BCUT2D eigenvalue weighted by atomic mass is 9.75. The molecule has 0 saturated carbocycles. The Balaban J connectivity index is 1.76. The second-order valence-electron chi connectivity index (χ2n) is 7.53. The number of rotatable bonds is 5. The fourth-order valence-corrected chi connectivity index (χ4v) is 4.14. The van der Waals surface area contributed by atoms with Crippen molar-refractivity contribution in [3.05, 3.63) is 24.2 Å². The molecule has 3 heterocycles. The second kappa shape index (κ2) is 7.17. The van der Waals surface area contributed by atoms with Crippen LogP contribution in [-0.4, -0.2) is 85.0 Å². The van der Waals surface area contributed by atoms with Crippen molar-refractivity contribution in [1.29, 1.82) is 0 Å². The number of carbonyl (C=O) groups excluding carboxylic acids is 1. The lowest BCUT2D eigenvalue weighted by Crippen LogP contribution is -2.42. The lowest BCUT2D eigenvalue weighted by molar-refractivity contribution is -0.150. The first-order valence-corrected chi connectivity index (χ1v) is 8.85. The maximum atomic E-state index is 12.6. The quantitative estimate of drug-likeness (QED) is 0.857. The summed E-state index contributed by atoms with van der Waals surface area (Å²) in [7, 11) is 4.04. The van der Waals surface area contributed by atoms with E-state index in [0.29, 0.717) is 38.2 Å². The fourth-order valence-electron chi connectivity index (χ4n) is 4.14. The number of carboxylic acids is 1. The number of likely N-dealkylation sites (N-methyl/N-ethyl adjacent to an activating group) is 1. The maximum Gasteiger partial charge on any atom is 0.311 e. The van der Waals surface area contributed by atoms with E-state index in [9.17, 15) is 14.7 Å². The van der Waals surface area contributed by atoms with E-state index in [1.54, 1.807) is 17.0 Å². The van der Waals surface area contributed by atoms with Crippen LogP contribution in [-0.2, 0) is 4.79 Å². The predicted molar refractivity (Wildman–Crippen MR) is 92.4 cm³/mol. The number of amides is 1. The normalized spacial score (nSPS) is 27.3. The van der Waals surface area contributed by atoms with Crippen molar-refractivity contribution >= 4 is 11.9 Å². The molecular formula is C18H27N3O4. The molecule has 2 atom stereocenters. The number of likely N-dealkylation sites (tertiary alicyclic amines) is 2. The molecule has 138 valence electrons. The zero-order valence-electron chi connectivity index (χ0n) is 15.0. The summed E-state index contributed by atoms with van der Waals surface area (Å²) in [5, 5.41) is 9.97. The standard InChI is InChI=1S/C18H27N3O4/c1-19(2)8-9-20-11-14-12-21(16(22)15-5-3-10-25-15)7-4-6-18(14,13-20)17(23)24/h3,5,10,14H,4,6-9,11-13H2,1-2H3,(H,23,24)/t14-,18+/m0/s1. The van der Waals surface area contributed by atoms with Crippen molar-refractivity contribution in [2.45, 2.75) is 12.8 Å². The average molecular weight is 349 g/mol. The summed E-state index contributed by atoms with van der Waals surface area (Å²) in [6.45, 7) is 4.11. The van der Waals surface area contributed by atoms with Gasteiger partial charge in [-0.2, -0.15) is 0 Å². The summed E-state index contributed by atoms with van der Waals surface area (Å²) in [5.41, 5.74) is -0.746. The molecule has 0 aromatic carbocycles. The van der Waals surface area contributed by atoms with Gasteiger partial charge < -0.3 is 24.2 Å². The molecule has 7 nitrogen and oxygen atoms in total. The van der Waals surface area contributed by atoms with E-state index in [4.69, 9.17) is 4.42 Å². The molecule has 3 rings (SSSR count). The van der Waals surface area contributed by atoms with Crippen molar-refractivity contribution in [2.75, 3.05) is 53.4 Å². The van der Waals surface area contributed by atoms with Crippen molar-refractivity contribution in [1.82, 2.24) is 14.7 Å². The third-order valence-electron chi connectivity index (χ3n) is 5.57. The number of carbonyl (C=O) groups is 2. The van der Waals surface area contributed by atoms with Gasteiger partial charge >= 0.3 is 5.97 Å². The van der Waals surface area contributed by atoms with Crippen molar-refractivity contribution in [2.24, 2.45) is 11.3 Å². The molecule has 1 aromatic heterocycles. The highest BCUT2D eigenvalue weighted by atomic mass is 16.4. The van der Waals surface area contributed by atoms with Crippen molar-refractivity contribution < 1.29 is 19.1 Å². The van der Waals surface area contributed by atoms with Crippen molar-refractivity contribution in [3.63, 3.8) is 0 Å². The first-order chi connectivity index (χ1) is 11.9. The number of furan rings is 1. The van der Waals surface area contributed by atoms with Gasteiger partial charge in [-0.05, 0) is 39.1 Å². The lowest BCUT2D eigenvalue weighted by Gasteiger charge is -2.29. The van der Waals surface area contributed by atoms with Crippen LogP contribution in [0.5, 0.6) is 0 Å². The smallest absolute Gasteiger partial charge is 0.311 e. The van der Waals surface area contributed by atoms with Crippen LogP contribution in [0, 0.1) is 11.3 Å². The van der Waals surface area contributed by atoms with Gasteiger partial charge in [-0.3, -0.25) is 9.59 Å². The van der Waals surface area contributed by atoms with Crippen LogP contribution in [0.2, 0.25) is 0 Å². The monoisotopic (exact) mass is 349 g/mol. The molecule has 2 fully saturated rings. The molecule has 2 aliphatic rings. The average Bonchev–Trinajstić information content (AvgIpc) is 3.17. The van der Waals surface area contributed by atoms with Gasteiger partial charge in [0.05, 0.1) is 11.7 Å². The molecule has 0 aliphatic carbocycles. The van der Waals surface area contributed by atoms with Crippen molar-refractivity contribution in [3.8, 4) is 0 Å². The van der Waals surface area contributed by atoms with E-state index in [2.05, 4.69) is 9.80 Å². The molecule has 7 heteroatoms. The minimum atomic E-state index is -0.746. The summed E-state index contributed by atoms with van der Waals surface area (Å²) in [4.78, 5) is 30.9. The van der Waals surface area contributed by atoms with E-state index < -0.39 is 11.4 Å². The van der Waals surface area contributed by atoms with Gasteiger partial charge in [-0.25, -0.2) is 0 Å². The maximum absolute atomic E-state index is 12.6. The van der Waals surface area contributed by atoms with Crippen LogP contribution >= 0.6 is 0 Å². The SMILES string of the molecule is CN(C)CCN1C[C@H]2CN(C(=O)c3ccco3)CCC[C@@]2(C(=O)O)C1. The number of hydrogen-bond acceptors (Lipinski definition) is 5. The molecule has 25 heavy (non-hydrogen) atoms. The summed E-state index contributed by atoms with van der Waals surface area (Å²) in [5.74, 6) is -0.589. The van der Waals surface area contributed by atoms with Crippen LogP contribution < -0.4 is 0 Å². The first kappa shape index (κ1) is 17.9. The first-order valence-electron chi connectivity index (χ1n) is 8.85. The van der Waals surface area contributed by atoms with Gasteiger partial charge in [0, 0.05) is 45.2 Å². The number of aliphatic carboxylic acids is 1. The van der Waals surface area contributed by atoms with Crippen LogP contribution in [0.25, 0.3) is 0 Å². The largest absolute Gasteiger partial charge is 0.481 e. The summed E-state index contributed by atoms with van der Waals surface area (Å²) in [6.07, 6.45) is 2.81. The van der Waals surface area contributed by atoms with E-state index in [-0.39, 0.29) is 11.8 Å². The van der Waals surface area contributed by atoms with Crippen LogP contribution in [0.3, 0.4) is 0 Å². The zero-order valence-corrected chi connectivity index (χ0v) is 15.0. The van der Waals surface area contributed by atoms with E-state index in [1.807, 2.05) is 14.1 Å². The molecule has 1 N–H and O–H groups in total. The number of nitrogens with zero attached hydrogens (tertiary/aromatic N) is 3. The molecule has 0 bridgehead atoms. The highest BCUT2D eigenvalue weighted by Crippen LogP contribution is 2.43. The van der Waals surface area contributed by atoms with Gasteiger partial charge in [-0.1, -0.05) is 0 Å². The minimum Gasteiger partial charge on any atom is -0.481 e. The molecule has 2 aliphatic heterocycles. The third-order valence-corrected chi connectivity index (χ3v) is 5.57. The third kappa shape index (κ3) is 3.57. The Kier molecular flexibility index (Phi) is 5.15. The summed E-state index contributed by atoms with van der Waals surface area (Å²) in [6, 6.07) is 3.36. The van der Waals surface area contributed by atoms with Gasteiger partial charge in [0.15, 0.2) is 5.76 Å². The topological polar surface area (TPSA) is 77.2 Å². The molecule has 0 spiro atoms. The zero-order chi connectivity index (χ0) is 18.0. The van der Waals surface area contributed by atoms with E-state index >= 15 is 0 Å². The number of fused-ring (bicyclic) bond motifs is 1. The molecule has 1 amide bonds. The Morgan fingerprint density at radius 2 is 2.20 bits per heavy atom. The van der Waals surface area contributed by atoms with Crippen LogP contribution in [0.15, 0.2) is 22.8 Å². The molecule has 2 saturated heterocycles. The Hall–Kier alpha value is -1.86. The Bertz CT molecular complexity index is 616. The Labute approximate surface area is 148 Å². The Morgan fingerprint density at radius 1 is 1.40 bits per heavy atom. The Morgan fingerprint density at radius 3 is 2.84 bits per heavy atom. The van der Waals surface area contributed by atoms with Crippen LogP contribution in [0.1, 0.15) is 23.4 Å². The molecule has 0 radical (unpaired) electrons. The number of hydrogen-bond donors (Lipinski definition) is 1. The molecule has 0 unspecified atom stereocenters. The van der Waals surface area contributed by atoms with Gasteiger partial charge in [0.2, 0.25) is 0 Å². The van der Waals surface area contributed by atoms with Gasteiger partial charge in [0.1, 0.15) is 0 Å². The summed E-state index contributed by atoms with van der Waals surface area (Å²) >= 11 is 0. The highest BCUT2D eigenvalue weighted by molar-refractivity contribution is 5.91. The molecular weight excluding hydrogens is 322 g/mol. The summed E-state index contributed by atoms with van der Waals surface area (Å²) < 4.78 is 5.24. The highest BCUT2D eigenvalue weighted by Gasteiger charge is 2.53. The minimum absolute atomic E-state index is 0.0476.